The summed E-state index contributed by atoms with van der Waals surface area (Å²) in [5.41, 5.74) is 2.36. The number of rotatable bonds is 5. The van der Waals surface area contributed by atoms with Crippen molar-refractivity contribution in [1.82, 2.24) is 4.57 Å². The molecule has 132 valence electrons. The van der Waals surface area contributed by atoms with Gasteiger partial charge < -0.3 is 13.6 Å². The van der Waals surface area contributed by atoms with Crippen LogP contribution in [-0.4, -0.2) is 11.2 Å². The molecule has 6 heteroatoms. The van der Waals surface area contributed by atoms with E-state index in [0.29, 0.717) is 36.5 Å². The molecule has 0 aliphatic carbocycles. The lowest BCUT2D eigenvalue weighted by Gasteiger charge is -2.08. The van der Waals surface area contributed by atoms with Crippen molar-refractivity contribution >= 4 is 22.1 Å². The molecule has 0 atom stereocenters. The van der Waals surface area contributed by atoms with E-state index in [2.05, 4.69) is 0 Å². The van der Waals surface area contributed by atoms with Gasteiger partial charge in [-0.3, -0.25) is 4.57 Å². The monoisotopic (exact) mass is 351 g/mol. The second kappa shape index (κ2) is 6.55. The molecule has 0 aliphatic heterocycles. The molecule has 2 heterocycles. The first kappa shape index (κ1) is 16.2. The highest BCUT2D eigenvalue weighted by Crippen LogP contribution is 2.22. The predicted octanol–water partition coefficient (Wildman–Crippen LogP) is 3.48. The number of hydrogen-bond donors (Lipinski definition) is 0. The Balaban J connectivity index is 1.45. The Hall–Kier alpha value is -3.28. The van der Waals surface area contributed by atoms with E-state index in [0.717, 1.165) is 16.5 Å². The molecule has 0 unspecified atom stereocenters. The Morgan fingerprint density at radius 1 is 1.00 bits per heavy atom. The zero-order valence-corrected chi connectivity index (χ0v) is 14.2. The average Bonchev–Trinajstić information content (AvgIpc) is 2.93. The lowest BCUT2D eigenvalue weighted by molar-refractivity contribution is 0.300. The SMILES string of the molecule is Cc1cc(=O)oc2cc(OCCCn3c(=O)oc4ccccc43)ccc12. The molecule has 4 aromatic rings. The zero-order chi connectivity index (χ0) is 18.1. The van der Waals surface area contributed by atoms with Crippen molar-refractivity contribution in [2.75, 3.05) is 6.61 Å². The number of ether oxygens (including phenoxy) is 1. The summed E-state index contributed by atoms with van der Waals surface area (Å²) in [7, 11) is 0. The summed E-state index contributed by atoms with van der Waals surface area (Å²) in [6, 6.07) is 14.2. The Morgan fingerprint density at radius 3 is 2.73 bits per heavy atom. The van der Waals surface area contributed by atoms with Gasteiger partial charge in [0.15, 0.2) is 5.58 Å². The van der Waals surface area contributed by atoms with Crippen molar-refractivity contribution < 1.29 is 13.6 Å². The number of hydrogen-bond acceptors (Lipinski definition) is 5. The standard InChI is InChI=1S/C20H17NO5/c1-13-11-19(22)25-18-12-14(7-8-15(13)18)24-10-4-9-21-16-5-2-3-6-17(16)26-20(21)23/h2-3,5-8,11-12H,4,9-10H2,1H3. The van der Waals surface area contributed by atoms with E-state index in [1.807, 2.05) is 37.3 Å². The summed E-state index contributed by atoms with van der Waals surface area (Å²) < 4.78 is 17.8. The lowest BCUT2D eigenvalue weighted by Crippen LogP contribution is -2.15. The van der Waals surface area contributed by atoms with Gasteiger partial charge in [-0.15, -0.1) is 0 Å². The first-order valence-electron chi connectivity index (χ1n) is 8.37. The number of benzene rings is 2. The van der Waals surface area contributed by atoms with Crippen LogP contribution in [-0.2, 0) is 6.54 Å². The number of aromatic nitrogens is 1. The molecular formula is C20H17NO5. The summed E-state index contributed by atoms with van der Waals surface area (Å²) in [6.07, 6.45) is 0.638. The van der Waals surface area contributed by atoms with E-state index >= 15 is 0 Å². The highest BCUT2D eigenvalue weighted by Gasteiger charge is 2.08. The molecule has 0 saturated carbocycles. The van der Waals surface area contributed by atoms with Crippen molar-refractivity contribution in [3.8, 4) is 5.75 Å². The maximum Gasteiger partial charge on any atom is 0.419 e. The van der Waals surface area contributed by atoms with Crippen LogP contribution in [0.3, 0.4) is 0 Å². The van der Waals surface area contributed by atoms with E-state index in [4.69, 9.17) is 13.6 Å². The van der Waals surface area contributed by atoms with Gasteiger partial charge in [-0.1, -0.05) is 12.1 Å². The number of nitrogens with zero attached hydrogens (tertiary/aromatic N) is 1. The first-order chi connectivity index (χ1) is 12.6. The molecule has 0 radical (unpaired) electrons. The number of para-hydroxylation sites is 2. The van der Waals surface area contributed by atoms with Gasteiger partial charge in [0.1, 0.15) is 11.3 Å². The van der Waals surface area contributed by atoms with Gasteiger partial charge in [0.2, 0.25) is 0 Å². The Bertz CT molecular complexity index is 1200. The summed E-state index contributed by atoms with van der Waals surface area (Å²) >= 11 is 0. The molecule has 0 N–H and O–H groups in total. The molecule has 0 bridgehead atoms. The minimum Gasteiger partial charge on any atom is -0.493 e. The number of fused-ring (bicyclic) bond motifs is 2. The van der Waals surface area contributed by atoms with Crippen LogP contribution in [0.1, 0.15) is 12.0 Å². The topological polar surface area (TPSA) is 74.6 Å². The largest absolute Gasteiger partial charge is 0.493 e. The Morgan fingerprint density at radius 2 is 1.85 bits per heavy atom. The van der Waals surface area contributed by atoms with Crippen LogP contribution in [0.2, 0.25) is 0 Å². The second-order valence-corrected chi connectivity index (χ2v) is 6.10. The minimum absolute atomic E-state index is 0.367. The Kier molecular flexibility index (Phi) is 4.08. The van der Waals surface area contributed by atoms with Crippen molar-refractivity contribution in [2.45, 2.75) is 19.9 Å². The molecule has 2 aromatic heterocycles. The second-order valence-electron chi connectivity index (χ2n) is 6.10. The summed E-state index contributed by atoms with van der Waals surface area (Å²) in [5, 5.41) is 0.883. The molecule has 4 rings (SSSR count). The molecule has 0 aliphatic rings. The quantitative estimate of drug-likeness (QED) is 0.406. The van der Waals surface area contributed by atoms with Crippen LogP contribution in [0, 0.1) is 6.92 Å². The predicted molar refractivity (Wildman–Crippen MR) is 97.8 cm³/mol. The normalized spacial score (nSPS) is 11.3. The van der Waals surface area contributed by atoms with E-state index in [1.54, 1.807) is 16.7 Å². The molecule has 0 spiro atoms. The lowest BCUT2D eigenvalue weighted by atomic mass is 10.1. The fraction of sp³-hybridized carbons (Fsp3) is 0.200. The van der Waals surface area contributed by atoms with Crippen LogP contribution in [0.15, 0.2) is 67.0 Å². The molecule has 0 saturated heterocycles. The van der Waals surface area contributed by atoms with Crippen molar-refractivity contribution in [3.63, 3.8) is 0 Å². The van der Waals surface area contributed by atoms with Crippen LogP contribution in [0.25, 0.3) is 22.1 Å². The van der Waals surface area contributed by atoms with Crippen LogP contribution >= 0.6 is 0 Å². The molecule has 2 aromatic carbocycles. The van der Waals surface area contributed by atoms with Crippen molar-refractivity contribution in [2.24, 2.45) is 0 Å². The third kappa shape index (κ3) is 3.01. The van der Waals surface area contributed by atoms with E-state index in [9.17, 15) is 9.59 Å². The fourth-order valence-corrected chi connectivity index (χ4v) is 3.03. The Labute approximate surface area is 148 Å². The summed E-state index contributed by atoms with van der Waals surface area (Å²) in [5.74, 6) is 0.254. The van der Waals surface area contributed by atoms with Gasteiger partial charge in [0.25, 0.3) is 0 Å². The smallest absolute Gasteiger partial charge is 0.419 e. The van der Waals surface area contributed by atoms with E-state index in [-0.39, 0.29) is 11.4 Å². The molecular weight excluding hydrogens is 334 g/mol. The van der Waals surface area contributed by atoms with Crippen LogP contribution in [0.5, 0.6) is 5.75 Å². The van der Waals surface area contributed by atoms with Gasteiger partial charge in [-0.2, -0.15) is 0 Å². The average molecular weight is 351 g/mol. The molecule has 26 heavy (non-hydrogen) atoms. The first-order valence-corrected chi connectivity index (χ1v) is 8.37. The summed E-state index contributed by atoms with van der Waals surface area (Å²) in [6.45, 7) is 2.79. The zero-order valence-electron chi connectivity index (χ0n) is 14.2. The van der Waals surface area contributed by atoms with Gasteiger partial charge in [-0.25, -0.2) is 9.59 Å². The fourth-order valence-electron chi connectivity index (χ4n) is 3.03. The van der Waals surface area contributed by atoms with Gasteiger partial charge in [-0.05, 0) is 43.2 Å². The molecule has 0 amide bonds. The van der Waals surface area contributed by atoms with Crippen LogP contribution < -0.4 is 16.1 Å². The molecule has 0 fully saturated rings. The maximum absolute atomic E-state index is 11.9. The molecule has 6 nitrogen and oxygen atoms in total. The highest BCUT2D eigenvalue weighted by atomic mass is 16.5. The van der Waals surface area contributed by atoms with Crippen molar-refractivity contribution in [3.05, 3.63) is 75.1 Å². The number of aryl methyl sites for hydroxylation is 2. The third-order valence-corrected chi connectivity index (χ3v) is 4.29. The van der Waals surface area contributed by atoms with Crippen molar-refractivity contribution in [1.29, 1.82) is 0 Å². The highest BCUT2D eigenvalue weighted by molar-refractivity contribution is 5.81. The third-order valence-electron chi connectivity index (χ3n) is 4.29. The van der Waals surface area contributed by atoms with E-state index < -0.39 is 0 Å². The van der Waals surface area contributed by atoms with Crippen LogP contribution in [0.4, 0.5) is 0 Å². The number of oxazole rings is 1. The minimum atomic E-state index is -0.377. The maximum atomic E-state index is 11.9. The summed E-state index contributed by atoms with van der Waals surface area (Å²) in [4.78, 5) is 23.4. The van der Waals surface area contributed by atoms with E-state index in [1.165, 1.54) is 6.07 Å². The van der Waals surface area contributed by atoms with Gasteiger partial charge in [0.05, 0.1) is 12.1 Å². The van der Waals surface area contributed by atoms with Gasteiger partial charge >= 0.3 is 11.4 Å². The van der Waals surface area contributed by atoms with Gasteiger partial charge in [0, 0.05) is 24.1 Å².